The second-order valence-corrected chi connectivity index (χ2v) is 8.13. The van der Waals surface area contributed by atoms with Gasteiger partial charge in [0.25, 0.3) is 0 Å². The predicted octanol–water partition coefficient (Wildman–Crippen LogP) is 5.77. The summed E-state index contributed by atoms with van der Waals surface area (Å²) >= 11 is 6.09. The molecule has 7 heteroatoms. The van der Waals surface area contributed by atoms with Crippen molar-refractivity contribution in [3.05, 3.63) is 65.3 Å². The van der Waals surface area contributed by atoms with Gasteiger partial charge in [0.15, 0.2) is 5.82 Å². The van der Waals surface area contributed by atoms with Crippen LogP contribution in [0.2, 0.25) is 5.02 Å². The number of amides is 1. The van der Waals surface area contributed by atoms with Crippen LogP contribution in [0.15, 0.2) is 53.1 Å². The van der Waals surface area contributed by atoms with Gasteiger partial charge in [-0.15, -0.1) is 0 Å². The van der Waals surface area contributed by atoms with E-state index >= 15 is 0 Å². The van der Waals surface area contributed by atoms with Crippen LogP contribution in [0.4, 0.5) is 5.69 Å². The Labute approximate surface area is 175 Å². The number of aromatic nitrogens is 2. The topological polar surface area (TPSA) is 77.2 Å². The fourth-order valence-electron chi connectivity index (χ4n) is 2.55. The Morgan fingerprint density at radius 1 is 1.14 bits per heavy atom. The molecule has 0 aliphatic rings. The van der Waals surface area contributed by atoms with Gasteiger partial charge >= 0.3 is 0 Å². The van der Waals surface area contributed by atoms with Gasteiger partial charge in [-0.25, -0.2) is 0 Å². The molecule has 3 rings (SSSR count). The molecule has 0 atom stereocenters. The molecule has 152 valence electrons. The van der Waals surface area contributed by atoms with Gasteiger partial charge in [-0.1, -0.05) is 49.7 Å². The number of benzene rings is 2. The maximum Gasteiger partial charge on any atom is 0.226 e. The molecule has 0 saturated heterocycles. The van der Waals surface area contributed by atoms with Gasteiger partial charge in [-0.05, 0) is 42.8 Å². The molecular weight excluding hydrogens is 390 g/mol. The molecule has 1 N–H and O–H groups in total. The quantitative estimate of drug-likeness (QED) is 0.531. The third kappa shape index (κ3) is 6.06. The summed E-state index contributed by atoms with van der Waals surface area (Å²) in [5, 5.41) is 7.41. The molecule has 6 nitrogen and oxygen atoms in total. The first kappa shape index (κ1) is 20.9. The van der Waals surface area contributed by atoms with Gasteiger partial charge in [-0.2, -0.15) is 4.98 Å². The molecule has 3 aromatic rings. The van der Waals surface area contributed by atoms with E-state index in [0.717, 1.165) is 0 Å². The molecule has 29 heavy (non-hydrogen) atoms. The monoisotopic (exact) mass is 413 g/mol. The average molecular weight is 414 g/mol. The first-order chi connectivity index (χ1) is 13.8. The Hall–Kier alpha value is -2.86. The number of nitrogens with one attached hydrogen (secondary N) is 1. The van der Waals surface area contributed by atoms with Crippen LogP contribution in [0.1, 0.15) is 45.3 Å². The highest BCUT2D eigenvalue weighted by Crippen LogP contribution is 2.29. The summed E-state index contributed by atoms with van der Waals surface area (Å²) in [6, 6.07) is 14.4. The standard InChI is InChI=1S/C22H24ClN3O3/c1-22(2,3)21-25-20(29-26-21)10-6-9-19(27)24-15-11-13-16(14-12-15)28-18-8-5-4-7-17(18)23/h4-5,7-8,11-14H,6,9-10H2,1-3H3,(H,24,27). The molecule has 0 saturated carbocycles. The highest BCUT2D eigenvalue weighted by molar-refractivity contribution is 6.32. The lowest BCUT2D eigenvalue weighted by molar-refractivity contribution is -0.116. The van der Waals surface area contributed by atoms with Crippen molar-refractivity contribution in [2.24, 2.45) is 0 Å². The highest BCUT2D eigenvalue weighted by Gasteiger charge is 2.20. The minimum absolute atomic E-state index is 0.0691. The van der Waals surface area contributed by atoms with Crippen molar-refractivity contribution in [3.63, 3.8) is 0 Å². The van der Waals surface area contributed by atoms with Gasteiger partial charge in [-0.3, -0.25) is 4.79 Å². The number of nitrogens with zero attached hydrogens (tertiary/aromatic N) is 2. The van der Waals surface area contributed by atoms with Crippen molar-refractivity contribution in [1.82, 2.24) is 10.1 Å². The van der Waals surface area contributed by atoms with Gasteiger partial charge in [0, 0.05) is 23.9 Å². The zero-order valence-corrected chi connectivity index (χ0v) is 17.5. The number of para-hydroxylation sites is 1. The summed E-state index contributed by atoms with van der Waals surface area (Å²) in [7, 11) is 0. The Bertz CT molecular complexity index is 962. The van der Waals surface area contributed by atoms with E-state index in [4.69, 9.17) is 20.9 Å². The molecule has 2 aromatic carbocycles. The summed E-state index contributed by atoms with van der Waals surface area (Å²) in [6.07, 6.45) is 1.57. The Morgan fingerprint density at radius 2 is 1.86 bits per heavy atom. The highest BCUT2D eigenvalue weighted by atomic mass is 35.5. The SMILES string of the molecule is CC(C)(C)c1noc(CCCC(=O)Nc2ccc(Oc3ccccc3Cl)cc2)n1. The smallest absolute Gasteiger partial charge is 0.226 e. The average Bonchev–Trinajstić information content (AvgIpc) is 3.15. The molecule has 1 amide bonds. The predicted molar refractivity (Wildman–Crippen MR) is 113 cm³/mol. The lowest BCUT2D eigenvalue weighted by Crippen LogP contribution is -2.13. The fraction of sp³-hybridized carbons (Fsp3) is 0.318. The molecule has 0 bridgehead atoms. The van der Waals surface area contributed by atoms with E-state index < -0.39 is 0 Å². The van der Waals surface area contributed by atoms with Crippen LogP contribution in [0.3, 0.4) is 0 Å². The molecule has 1 aromatic heterocycles. The second-order valence-electron chi connectivity index (χ2n) is 7.72. The van der Waals surface area contributed by atoms with Gasteiger partial charge in [0.1, 0.15) is 11.5 Å². The lowest BCUT2D eigenvalue weighted by atomic mass is 9.96. The van der Waals surface area contributed by atoms with Crippen molar-refractivity contribution in [2.75, 3.05) is 5.32 Å². The molecule has 0 unspecified atom stereocenters. The number of ether oxygens (including phenoxy) is 1. The van der Waals surface area contributed by atoms with E-state index in [1.54, 1.807) is 36.4 Å². The molecule has 0 radical (unpaired) electrons. The summed E-state index contributed by atoms with van der Waals surface area (Å²) in [4.78, 5) is 16.5. The number of hydrogen-bond donors (Lipinski definition) is 1. The van der Waals surface area contributed by atoms with E-state index in [2.05, 4.69) is 15.5 Å². The minimum Gasteiger partial charge on any atom is -0.456 e. The van der Waals surface area contributed by atoms with E-state index in [1.165, 1.54) is 0 Å². The minimum atomic E-state index is -0.152. The third-order valence-corrected chi connectivity index (χ3v) is 4.45. The van der Waals surface area contributed by atoms with E-state index in [-0.39, 0.29) is 11.3 Å². The molecule has 0 aliphatic heterocycles. The number of hydrogen-bond acceptors (Lipinski definition) is 5. The number of aryl methyl sites for hydroxylation is 1. The first-order valence-corrected chi connectivity index (χ1v) is 9.84. The Morgan fingerprint density at radius 3 is 2.52 bits per heavy atom. The van der Waals surface area contributed by atoms with Crippen LogP contribution in [0.5, 0.6) is 11.5 Å². The number of rotatable bonds is 7. The summed E-state index contributed by atoms with van der Waals surface area (Å²) in [6.45, 7) is 6.08. The number of anilines is 1. The molecular formula is C22H24ClN3O3. The van der Waals surface area contributed by atoms with Crippen molar-refractivity contribution >= 4 is 23.2 Å². The van der Waals surface area contributed by atoms with Crippen molar-refractivity contribution in [3.8, 4) is 11.5 Å². The van der Waals surface area contributed by atoms with Crippen molar-refractivity contribution in [2.45, 2.75) is 45.4 Å². The second kappa shape index (κ2) is 9.09. The summed E-state index contributed by atoms with van der Waals surface area (Å²) < 4.78 is 11.0. The normalized spacial score (nSPS) is 11.3. The van der Waals surface area contributed by atoms with E-state index in [0.29, 0.717) is 53.2 Å². The van der Waals surface area contributed by atoms with Crippen LogP contribution >= 0.6 is 11.6 Å². The molecule has 0 aliphatic carbocycles. The summed E-state index contributed by atoms with van der Waals surface area (Å²) in [5.74, 6) is 2.39. The van der Waals surface area contributed by atoms with E-state index in [1.807, 2.05) is 32.9 Å². The number of carbonyl (C=O) groups is 1. The Kier molecular flexibility index (Phi) is 6.54. The molecule has 1 heterocycles. The van der Waals surface area contributed by atoms with Crippen LogP contribution < -0.4 is 10.1 Å². The molecule has 0 spiro atoms. The van der Waals surface area contributed by atoms with E-state index in [9.17, 15) is 4.79 Å². The fourth-order valence-corrected chi connectivity index (χ4v) is 2.72. The zero-order valence-electron chi connectivity index (χ0n) is 16.7. The number of carbonyl (C=O) groups excluding carboxylic acids is 1. The molecule has 0 fully saturated rings. The Balaban J connectivity index is 1.46. The van der Waals surface area contributed by atoms with Gasteiger partial charge in [0.2, 0.25) is 11.8 Å². The van der Waals surface area contributed by atoms with Crippen LogP contribution in [-0.2, 0) is 16.6 Å². The number of halogens is 1. The maximum atomic E-state index is 12.2. The third-order valence-electron chi connectivity index (χ3n) is 4.14. The maximum absolute atomic E-state index is 12.2. The van der Waals surface area contributed by atoms with Crippen LogP contribution in [-0.4, -0.2) is 16.0 Å². The van der Waals surface area contributed by atoms with Crippen LogP contribution in [0.25, 0.3) is 0 Å². The first-order valence-electron chi connectivity index (χ1n) is 9.46. The van der Waals surface area contributed by atoms with Crippen molar-refractivity contribution < 1.29 is 14.1 Å². The van der Waals surface area contributed by atoms with Gasteiger partial charge < -0.3 is 14.6 Å². The lowest BCUT2D eigenvalue weighted by Gasteiger charge is -2.10. The van der Waals surface area contributed by atoms with Gasteiger partial charge in [0.05, 0.1) is 5.02 Å². The van der Waals surface area contributed by atoms with Crippen LogP contribution in [0, 0.1) is 0 Å². The largest absolute Gasteiger partial charge is 0.456 e. The summed E-state index contributed by atoms with van der Waals surface area (Å²) in [5.41, 5.74) is 0.551. The zero-order chi connectivity index (χ0) is 20.9. The van der Waals surface area contributed by atoms with Crippen molar-refractivity contribution in [1.29, 1.82) is 0 Å².